The van der Waals surface area contributed by atoms with E-state index in [0.29, 0.717) is 11.6 Å². The second-order valence-electron chi connectivity index (χ2n) is 6.57. The van der Waals surface area contributed by atoms with E-state index in [0.717, 1.165) is 37.3 Å². The van der Waals surface area contributed by atoms with Crippen LogP contribution in [0.4, 0.5) is 0 Å². The molecule has 3 aliphatic rings. The molecular formula is C16H25ClN3O+. The van der Waals surface area contributed by atoms with Gasteiger partial charge in [-0.3, -0.25) is 4.99 Å². The highest BCUT2D eigenvalue weighted by Gasteiger charge is 2.43. The molecule has 1 saturated carbocycles. The van der Waals surface area contributed by atoms with Crippen molar-refractivity contribution >= 4 is 24.0 Å². The SMILES string of the molecule is CN1C=C(Cl)C=NC1C=[N+]1CCC(C2CC2CCO)CC1. The summed E-state index contributed by atoms with van der Waals surface area (Å²) in [6.45, 7) is 2.62. The van der Waals surface area contributed by atoms with Gasteiger partial charge in [0.25, 0.3) is 0 Å². The van der Waals surface area contributed by atoms with Crippen LogP contribution in [0.2, 0.25) is 0 Å². The van der Waals surface area contributed by atoms with E-state index in [9.17, 15) is 0 Å². The van der Waals surface area contributed by atoms with Crippen molar-refractivity contribution in [3.8, 4) is 0 Å². The van der Waals surface area contributed by atoms with Gasteiger partial charge in [0, 0.05) is 38.9 Å². The van der Waals surface area contributed by atoms with E-state index in [-0.39, 0.29) is 6.17 Å². The first-order chi connectivity index (χ1) is 10.2. The number of piperidine rings is 1. The summed E-state index contributed by atoms with van der Waals surface area (Å²) >= 11 is 5.94. The van der Waals surface area contributed by atoms with E-state index in [1.165, 1.54) is 19.3 Å². The fourth-order valence-electron chi connectivity index (χ4n) is 3.73. The molecule has 0 bridgehead atoms. The Morgan fingerprint density at radius 1 is 1.48 bits per heavy atom. The zero-order valence-electron chi connectivity index (χ0n) is 12.7. The van der Waals surface area contributed by atoms with Crippen LogP contribution in [0.3, 0.4) is 0 Å². The second-order valence-corrected chi connectivity index (χ2v) is 7.00. The van der Waals surface area contributed by atoms with Crippen molar-refractivity contribution in [3.05, 3.63) is 11.2 Å². The van der Waals surface area contributed by atoms with Crippen LogP contribution in [0, 0.1) is 17.8 Å². The maximum Gasteiger partial charge on any atom is 0.198 e. The van der Waals surface area contributed by atoms with Crippen molar-refractivity contribution in [2.45, 2.75) is 31.8 Å². The quantitative estimate of drug-likeness (QED) is 0.806. The van der Waals surface area contributed by atoms with Crippen LogP contribution < -0.4 is 0 Å². The Morgan fingerprint density at radius 3 is 2.90 bits per heavy atom. The highest BCUT2D eigenvalue weighted by Crippen LogP contribution is 2.49. The van der Waals surface area contributed by atoms with Gasteiger partial charge >= 0.3 is 0 Å². The lowest BCUT2D eigenvalue weighted by atomic mass is 9.91. The number of rotatable bonds is 4. The normalized spacial score (nSPS) is 35.7. The summed E-state index contributed by atoms with van der Waals surface area (Å²) in [5, 5.41) is 9.70. The molecule has 1 aliphatic carbocycles. The number of hydrogen-bond donors (Lipinski definition) is 1. The predicted octanol–water partition coefficient (Wildman–Crippen LogP) is 1.92. The number of aliphatic hydroxyl groups is 1. The van der Waals surface area contributed by atoms with Crippen LogP contribution >= 0.6 is 11.6 Å². The molecule has 4 nitrogen and oxygen atoms in total. The van der Waals surface area contributed by atoms with Crippen LogP contribution in [-0.2, 0) is 0 Å². The molecule has 21 heavy (non-hydrogen) atoms. The van der Waals surface area contributed by atoms with Gasteiger partial charge in [0.2, 0.25) is 0 Å². The number of allylic oxidation sites excluding steroid dienone is 1. The number of aliphatic imine (C=N–C) groups is 1. The topological polar surface area (TPSA) is 38.8 Å². The largest absolute Gasteiger partial charge is 0.396 e. The molecule has 2 fully saturated rings. The minimum atomic E-state index is 0.0760. The monoisotopic (exact) mass is 310 g/mol. The zero-order valence-corrected chi connectivity index (χ0v) is 13.4. The Labute approximate surface area is 131 Å². The predicted molar refractivity (Wildman–Crippen MR) is 86.1 cm³/mol. The zero-order chi connectivity index (χ0) is 14.8. The molecule has 5 heteroatoms. The molecule has 2 heterocycles. The van der Waals surface area contributed by atoms with Crippen molar-refractivity contribution < 1.29 is 9.68 Å². The van der Waals surface area contributed by atoms with E-state index in [1.807, 2.05) is 18.1 Å². The standard InChI is InChI=1S/C16H25ClN3O/c1-19-10-14(17)9-18-16(19)11-20-5-2-12(3-6-20)15-8-13(15)4-7-21/h9-13,15-16,21H,2-8H2,1H3/q+1. The summed E-state index contributed by atoms with van der Waals surface area (Å²) in [6, 6.07) is 0. The van der Waals surface area contributed by atoms with Gasteiger partial charge in [-0.2, -0.15) is 0 Å². The summed E-state index contributed by atoms with van der Waals surface area (Å²) in [7, 11) is 2.01. The number of hydrogen-bond acceptors (Lipinski definition) is 3. The fourth-order valence-corrected chi connectivity index (χ4v) is 3.94. The highest BCUT2D eigenvalue weighted by molar-refractivity contribution is 6.39. The maximum atomic E-state index is 9.02. The highest BCUT2D eigenvalue weighted by atomic mass is 35.5. The first-order valence-corrected chi connectivity index (χ1v) is 8.37. The minimum Gasteiger partial charge on any atom is -0.396 e. The van der Waals surface area contributed by atoms with Crippen LogP contribution in [0.25, 0.3) is 0 Å². The molecule has 2 aliphatic heterocycles. The Balaban J connectivity index is 1.50. The molecular weight excluding hydrogens is 286 g/mol. The van der Waals surface area contributed by atoms with Crippen molar-refractivity contribution in [1.29, 1.82) is 0 Å². The van der Waals surface area contributed by atoms with Crippen LogP contribution in [0.15, 0.2) is 16.2 Å². The third kappa shape index (κ3) is 3.67. The Morgan fingerprint density at radius 2 is 2.24 bits per heavy atom. The molecule has 0 amide bonds. The molecule has 3 rings (SSSR count). The van der Waals surface area contributed by atoms with E-state index in [4.69, 9.17) is 16.7 Å². The van der Waals surface area contributed by atoms with Crippen LogP contribution in [0.1, 0.15) is 25.7 Å². The van der Waals surface area contributed by atoms with Gasteiger partial charge in [-0.05, 0) is 30.6 Å². The smallest absolute Gasteiger partial charge is 0.198 e. The minimum absolute atomic E-state index is 0.0760. The third-order valence-electron chi connectivity index (χ3n) is 5.10. The van der Waals surface area contributed by atoms with Crippen molar-refractivity contribution in [1.82, 2.24) is 4.90 Å². The van der Waals surface area contributed by atoms with Gasteiger partial charge in [0.05, 0.1) is 5.03 Å². The second kappa shape index (κ2) is 6.49. The molecule has 0 aromatic heterocycles. The van der Waals surface area contributed by atoms with E-state index in [1.54, 1.807) is 6.21 Å². The summed E-state index contributed by atoms with van der Waals surface area (Å²) in [4.78, 5) is 6.51. The lowest BCUT2D eigenvalue weighted by Gasteiger charge is -2.24. The van der Waals surface area contributed by atoms with Gasteiger partial charge in [-0.1, -0.05) is 11.6 Å². The van der Waals surface area contributed by atoms with Gasteiger partial charge in [-0.25, -0.2) is 4.58 Å². The lowest BCUT2D eigenvalue weighted by Crippen LogP contribution is -2.36. The summed E-state index contributed by atoms with van der Waals surface area (Å²) in [5.41, 5.74) is 0. The van der Waals surface area contributed by atoms with Gasteiger partial charge in [0.1, 0.15) is 13.1 Å². The summed E-state index contributed by atoms with van der Waals surface area (Å²) in [6.07, 6.45) is 10.9. The molecule has 0 aromatic carbocycles. The fraction of sp³-hybridized carbons (Fsp3) is 0.750. The van der Waals surface area contributed by atoms with Crippen LogP contribution in [-0.4, -0.2) is 59.9 Å². The Kier molecular flexibility index (Phi) is 4.65. The average molecular weight is 311 g/mol. The maximum absolute atomic E-state index is 9.02. The average Bonchev–Trinajstić information content (AvgIpc) is 3.23. The first-order valence-electron chi connectivity index (χ1n) is 7.99. The molecule has 116 valence electrons. The van der Waals surface area contributed by atoms with Crippen LogP contribution in [0.5, 0.6) is 0 Å². The summed E-state index contributed by atoms with van der Waals surface area (Å²) in [5.74, 6) is 2.56. The third-order valence-corrected chi connectivity index (χ3v) is 5.29. The Bertz CT molecular complexity index is 464. The van der Waals surface area contributed by atoms with E-state index < -0.39 is 0 Å². The van der Waals surface area contributed by atoms with Gasteiger partial charge in [-0.15, -0.1) is 0 Å². The van der Waals surface area contributed by atoms with Gasteiger partial charge in [0.15, 0.2) is 12.4 Å². The summed E-state index contributed by atoms with van der Waals surface area (Å²) < 4.78 is 2.41. The molecule has 0 radical (unpaired) electrons. The van der Waals surface area contributed by atoms with E-state index >= 15 is 0 Å². The molecule has 1 N–H and O–H groups in total. The van der Waals surface area contributed by atoms with Crippen molar-refractivity contribution in [2.75, 3.05) is 26.7 Å². The molecule has 0 spiro atoms. The molecule has 0 aromatic rings. The number of aliphatic hydroxyl groups excluding tert-OH is 1. The number of halogens is 1. The van der Waals surface area contributed by atoms with Crippen molar-refractivity contribution in [2.24, 2.45) is 22.7 Å². The first kappa shape index (κ1) is 15.0. The molecule has 3 unspecified atom stereocenters. The molecule has 1 saturated heterocycles. The van der Waals surface area contributed by atoms with Gasteiger partial charge < -0.3 is 10.0 Å². The van der Waals surface area contributed by atoms with E-state index in [2.05, 4.69) is 15.8 Å². The Hall–Kier alpha value is -0.870. The molecule has 3 atom stereocenters. The number of nitrogens with zero attached hydrogens (tertiary/aromatic N) is 3. The van der Waals surface area contributed by atoms with Crippen molar-refractivity contribution in [3.63, 3.8) is 0 Å². The lowest BCUT2D eigenvalue weighted by molar-refractivity contribution is -0.538.